The van der Waals surface area contributed by atoms with Gasteiger partial charge in [0.2, 0.25) is 0 Å². The molecule has 2 heterocycles. The first-order valence-corrected chi connectivity index (χ1v) is 8.02. The summed E-state index contributed by atoms with van der Waals surface area (Å²) in [6.45, 7) is 2.56. The fourth-order valence-electron chi connectivity index (χ4n) is 2.22. The monoisotopic (exact) mass is 358 g/mol. The van der Waals surface area contributed by atoms with Gasteiger partial charge >= 0.3 is 5.97 Å². The molecule has 0 radical (unpaired) electrons. The lowest BCUT2D eigenvalue weighted by Gasteiger charge is -2.06. The van der Waals surface area contributed by atoms with Gasteiger partial charge in [-0.25, -0.2) is 9.78 Å². The van der Waals surface area contributed by atoms with E-state index in [1.54, 1.807) is 36.5 Å². The van der Waals surface area contributed by atoms with Crippen LogP contribution in [0.25, 0.3) is 5.65 Å². The molecule has 3 rings (SSSR count). The summed E-state index contributed by atoms with van der Waals surface area (Å²) in [7, 11) is 0. The number of imidazole rings is 1. The van der Waals surface area contributed by atoms with E-state index < -0.39 is 5.97 Å². The zero-order valence-corrected chi connectivity index (χ0v) is 14.1. The number of halogens is 1. The van der Waals surface area contributed by atoms with Crippen molar-refractivity contribution < 1.29 is 14.6 Å². The lowest BCUT2D eigenvalue weighted by atomic mass is 10.3. The number of pyridine rings is 1. The number of azo groups is 1. The highest BCUT2D eigenvalue weighted by Gasteiger charge is 2.18. The topological polar surface area (TPSA) is 88.5 Å². The summed E-state index contributed by atoms with van der Waals surface area (Å²) in [5, 5.41) is 18.1. The molecule has 7 nitrogen and oxygen atoms in total. The van der Waals surface area contributed by atoms with Gasteiger partial charge in [-0.1, -0.05) is 30.7 Å². The number of hydrogen-bond donors (Lipinski definition) is 1. The van der Waals surface area contributed by atoms with E-state index >= 15 is 0 Å². The van der Waals surface area contributed by atoms with E-state index in [1.807, 2.05) is 13.0 Å². The Bertz CT molecular complexity index is 952. The van der Waals surface area contributed by atoms with Crippen LogP contribution in [0.5, 0.6) is 5.75 Å². The predicted octanol–water partition coefficient (Wildman–Crippen LogP) is 4.89. The third-order valence-corrected chi connectivity index (χ3v) is 3.56. The largest absolute Gasteiger partial charge is 0.491 e. The second-order valence-electron chi connectivity index (χ2n) is 5.18. The molecule has 1 N–H and O–H groups in total. The van der Waals surface area contributed by atoms with E-state index in [-0.39, 0.29) is 11.5 Å². The van der Waals surface area contributed by atoms with E-state index in [2.05, 4.69) is 15.2 Å². The molecular weight excluding hydrogens is 344 g/mol. The molecule has 2 aromatic heterocycles. The lowest BCUT2D eigenvalue weighted by molar-refractivity contribution is 0.0692. The molecule has 0 atom stereocenters. The Balaban J connectivity index is 2.05. The number of carboxylic acid groups (broad SMARTS) is 1. The zero-order valence-electron chi connectivity index (χ0n) is 13.4. The third kappa shape index (κ3) is 3.61. The maximum atomic E-state index is 11.5. The van der Waals surface area contributed by atoms with Crippen LogP contribution >= 0.6 is 11.6 Å². The number of aromatic nitrogens is 2. The van der Waals surface area contributed by atoms with Crippen molar-refractivity contribution in [2.75, 3.05) is 6.61 Å². The van der Waals surface area contributed by atoms with Crippen molar-refractivity contribution in [3.05, 3.63) is 53.3 Å². The van der Waals surface area contributed by atoms with Gasteiger partial charge in [0.15, 0.2) is 11.5 Å². The first kappa shape index (κ1) is 16.9. The van der Waals surface area contributed by atoms with Gasteiger partial charge < -0.3 is 9.84 Å². The molecule has 128 valence electrons. The summed E-state index contributed by atoms with van der Waals surface area (Å²) < 4.78 is 7.12. The van der Waals surface area contributed by atoms with E-state index in [0.29, 0.717) is 28.7 Å². The maximum Gasteiger partial charge on any atom is 0.358 e. The molecule has 0 unspecified atom stereocenters. The number of benzene rings is 1. The molecule has 3 aromatic rings. The summed E-state index contributed by atoms with van der Waals surface area (Å²) in [4.78, 5) is 15.5. The zero-order chi connectivity index (χ0) is 17.8. The van der Waals surface area contributed by atoms with Crippen LogP contribution in [0.2, 0.25) is 5.02 Å². The minimum Gasteiger partial charge on any atom is -0.491 e. The molecule has 0 saturated carbocycles. The maximum absolute atomic E-state index is 11.5. The number of hydrogen-bond acceptors (Lipinski definition) is 5. The van der Waals surface area contributed by atoms with Gasteiger partial charge in [0.25, 0.3) is 0 Å². The quantitative estimate of drug-likeness (QED) is 0.635. The van der Waals surface area contributed by atoms with E-state index in [0.717, 1.165) is 6.42 Å². The van der Waals surface area contributed by atoms with Crippen molar-refractivity contribution in [3.63, 3.8) is 0 Å². The minimum atomic E-state index is -1.19. The number of para-hydroxylation sites is 1. The van der Waals surface area contributed by atoms with Crippen LogP contribution in [0, 0.1) is 0 Å². The smallest absolute Gasteiger partial charge is 0.358 e. The van der Waals surface area contributed by atoms with Crippen LogP contribution in [0.3, 0.4) is 0 Å². The first-order chi connectivity index (χ1) is 12.1. The predicted molar refractivity (Wildman–Crippen MR) is 93.6 cm³/mol. The number of fused-ring (bicyclic) bond motifs is 1. The van der Waals surface area contributed by atoms with Gasteiger partial charge in [0.05, 0.1) is 11.6 Å². The molecular formula is C17H15ClN4O3. The van der Waals surface area contributed by atoms with E-state index in [1.165, 1.54) is 4.40 Å². The van der Waals surface area contributed by atoms with Crippen molar-refractivity contribution in [2.45, 2.75) is 13.3 Å². The Labute approximate surface area is 148 Å². The summed E-state index contributed by atoms with van der Waals surface area (Å²) in [6.07, 6.45) is 2.41. The minimum absolute atomic E-state index is 0.0929. The van der Waals surface area contributed by atoms with Crippen molar-refractivity contribution in [1.82, 2.24) is 9.38 Å². The van der Waals surface area contributed by atoms with E-state index in [4.69, 9.17) is 16.3 Å². The van der Waals surface area contributed by atoms with Crippen molar-refractivity contribution in [1.29, 1.82) is 0 Å². The Morgan fingerprint density at radius 1 is 1.28 bits per heavy atom. The summed E-state index contributed by atoms with van der Waals surface area (Å²) in [5.74, 6) is -0.517. The van der Waals surface area contributed by atoms with Crippen molar-refractivity contribution >= 4 is 34.7 Å². The Hall–Kier alpha value is -2.93. The van der Waals surface area contributed by atoms with Crippen LogP contribution in [0.4, 0.5) is 11.5 Å². The van der Waals surface area contributed by atoms with Crippen LogP contribution in [-0.2, 0) is 0 Å². The van der Waals surface area contributed by atoms with Crippen LogP contribution in [0.1, 0.15) is 23.8 Å². The Morgan fingerprint density at radius 3 is 2.84 bits per heavy atom. The second-order valence-corrected chi connectivity index (χ2v) is 5.62. The van der Waals surface area contributed by atoms with Crippen LogP contribution < -0.4 is 4.74 Å². The molecule has 0 spiro atoms. The van der Waals surface area contributed by atoms with Gasteiger partial charge in [-0.15, -0.1) is 10.2 Å². The lowest BCUT2D eigenvalue weighted by Crippen LogP contribution is -1.96. The number of carboxylic acids is 1. The summed E-state index contributed by atoms with van der Waals surface area (Å²) in [6, 6.07) is 10.4. The van der Waals surface area contributed by atoms with Crippen molar-refractivity contribution in [2.24, 2.45) is 10.2 Å². The third-order valence-electron chi connectivity index (χ3n) is 3.34. The van der Waals surface area contributed by atoms with Gasteiger partial charge in [0, 0.05) is 6.20 Å². The van der Waals surface area contributed by atoms with E-state index in [9.17, 15) is 9.90 Å². The highest BCUT2D eigenvalue weighted by molar-refractivity contribution is 6.30. The number of carbonyl (C=O) groups is 1. The second kappa shape index (κ2) is 7.31. The highest BCUT2D eigenvalue weighted by Crippen LogP contribution is 2.30. The molecule has 1 aromatic carbocycles. The number of nitrogens with zero attached hydrogens (tertiary/aromatic N) is 4. The number of ether oxygens (including phenoxy) is 1. The molecule has 0 fully saturated rings. The normalized spacial score (nSPS) is 11.3. The molecule has 8 heteroatoms. The van der Waals surface area contributed by atoms with Gasteiger partial charge in [-0.2, -0.15) is 0 Å². The fourth-order valence-corrected chi connectivity index (χ4v) is 2.38. The Morgan fingerprint density at radius 2 is 2.08 bits per heavy atom. The fraction of sp³-hybridized carbons (Fsp3) is 0.176. The average molecular weight is 359 g/mol. The van der Waals surface area contributed by atoms with Crippen LogP contribution in [-0.4, -0.2) is 27.1 Å². The van der Waals surface area contributed by atoms with Gasteiger partial charge in [-0.05, 0) is 30.7 Å². The first-order valence-electron chi connectivity index (χ1n) is 7.64. The highest BCUT2D eigenvalue weighted by atomic mass is 35.5. The van der Waals surface area contributed by atoms with Gasteiger partial charge in [0.1, 0.15) is 17.1 Å². The molecule has 0 aliphatic heterocycles. The van der Waals surface area contributed by atoms with Crippen LogP contribution in [0.15, 0.2) is 52.8 Å². The number of aromatic carboxylic acids is 1. The van der Waals surface area contributed by atoms with Crippen molar-refractivity contribution in [3.8, 4) is 5.75 Å². The molecule has 0 aliphatic carbocycles. The summed E-state index contributed by atoms with van der Waals surface area (Å²) >= 11 is 5.99. The standard InChI is InChI=1S/C17H15ClN4O3/c1-2-9-25-13-6-4-3-5-12(13)20-21-16-15(17(23)24)19-14-8-7-11(18)10-22(14)16/h3-8,10H,2,9H2,1H3,(H,23,24). The molecule has 0 aliphatic rings. The average Bonchev–Trinajstić information content (AvgIpc) is 2.97. The Kier molecular flexibility index (Phi) is 4.95. The number of rotatable bonds is 6. The summed E-state index contributed by atoms with van der Waals surface area (Å²) in [5.41, 5.74) is 0.730. The molecule has 25 heavy (non-hydrogen) atoms. The molecule has 0 saturated heterocycles. The SMILES string of the molecule is CCCOc1ccccc1N=Nc1c(C(=O)O)nc2ccc(Cl)cn12. The molecule has 0 amide bonds. The van der Waals surface area contributed by atoms with Gasteiger partial charge in [-0.3, -0.25) is 4.40 Å². The molecule has 0 bridgehead atoms.